The molecule has 1 heterocycles. The molecule has 0 fully saturated rings. The van der Waals surface area contributed by atoms with Crippen LogP contribution >= 0.6 is 28.3 Å². The molecule has 3 N–H and O–H groups in total. The molecule has 120 valence electrons. The lowest BCUT2D eigenvalue weighted by Gasteiger charge is -2.07. The number of carbonyl (C=O) groups excluding carboxylic acids is 1. The summed E-state index contributed by atoms with van der Waals surface area (Å²) in [4.78, 5) is 12.1. The van der Waals surface area contributed by atoms with Gasteiger partial charge in [0.05, 0.1) is 11.4 Å². The molecule has 0 aliphatic heterocycles. The summed E-state index contributed by atoms with van der Waals surface area (Å²) in [6.07, 6.45) is 0.727. The van der Waals surface area contributed by atoms with Crippen LogP contribution in [0.1, 0.15) is 29.5 Å². The van der Waals surface area contributed by atoms with Crippen LogP contribution in [0.5, 0.6) is 0 Å². The Morgan fingerprint density at radius 2 is 2.23 bits per heavy atom. The van der Waals surface area contributed by atoms with Crippen LogP contribution < -0.4 is 11.1 Å². The van der Waals surface area contributed by atoms with E-state index in [1.54, 1.807) is 4.68 Å². The molecule has 1 aromatic carbocycles. The minimum absolute atomic E-state index is 0. The Bertz CT molecular complexity index is 644. The average Bonchev–Trinajstić information content (AvgIpc) is 2.80. The zero-order valence-electron chi connectivity index (χ0n) is 12.4. The van der Waals surface area contributed by atoms with E-state index in [0.717, 1.165) is 16.6 Å². The van der Waals surface area contributed by atoms with Gasteiger partial charge in [0.25, 0.3) is 5.91 Å². The minimum Gasteiger partial charge on any atom is -0.351 e. The second-order valence-corrected chi connectivity index (χ2v) is 5.85. The first-order valence-electron chi connectivity index (χ1n) is 6.71. The Hall–Kier alpha value is -1.44. The number of nitrogens with zero attached hydrogens (tertiary/aromatic N) is 3. The predicted octanol–water partition coefficient (Wildman–Crippen LogP) is 2.23. The summed E-state index contributed by atoms with van der Waals surface area (Å²) in [7, 11) is 0. The van der Waals surface area contributed by atoms with Gasteiger partial charge >= 0.3 is 0 Å². The minimum atomic E-state index is -0.227. The van der Waals surface area contributed by atoms with Gasteiger partial charge in [-0.2, -0.15) is 0 Å². The third-order valence-electron chi connectivity index (χ3n) is 3.05. The molecule has 0 aliphatic carbocycles. The second-order valence-electron chi connectivity index (χ2n) is 4.94. The van der Waals surface area contributed by atoms with Gasteiger partial charge in [0, 0.05) is 17.1 Å². The summed E-state index contributed by atoms with van der Waals surface area (Å²) >= 11 is 3.41. The van der Waals surface area contributed by atoms with Crippen LogP contribution in [0.2, 0.25) is 0 Å². The topological polar surface area (TPSA) is 85.8 Å². The monoisotopic (exact) mass is 387 g/mol. The third kappa shape index (κ3) is 4.53. The van der Waals surface area contributed by atoms with Crippen molar-refractivity contribution in [3.8, 4) is 5.69 Å². The maximum absolute atomic E-state index is 12.1. The zero-order valence-corrected chi connectivity index (χ0v) is 14.8. The number of nitrogens with one attached hydrogen (secondary N) is 1. The number of hydrogen-bond donors (Lipinski definition) is 2. The smallest absolute Gasteiger partial charge is 0.273 e. The van der Waals surface area contributed by atoms with Crippen molar-refractivity contribution in [1.29, 1.82) is 0 Å². The fourth-order valence-corrected chi connectivity index (χ4v) is 2.28. The number of nitrogens with two attached hydrogens (primary N) is 1. The highest BCUT2D eigenvalue weighted by Crippen LogP contribution is 2.17. The first-order valence-corrected chi connectivity index (χ1v) is 7.50. The maximum Gasteiger partial charge on any atom is 0.273 e. The lowest BCUT2D eigenvalue weighted by atomic mass is 10.2. The molecular formula is C14H19BrClN5O. The standard InChI is InChI=1S/C14H18BrN5O.ClH/c1-9(16)6-7-17-14(21)13-10(2)20(19-18-13)12-5-3-4-11(15)8-12;/h3-5,8-9H,6-7,16H2,1-2H3,(H,17,21);1H. The summed E-state index contributed by atoms with van der Waals surface area (Å²) < 4.78 is 2.59. The number of rotatable bonds is 5. The summed E-state index contributed by atoms with van der Waals surface area (Å²) in [6, 6.07) is 7.72. The van der Waals surface area contributed by atoms with E-state index < -0.39 is 0 Å². The van der Waals surface area contributed by atoms with Gasteiger partial charge in [-0.3, -0.25) is 4.79 Å². The van der Waals surface area contributed by atoms with Crippen LogP contribution in [0.25, 0.3) is 5.69 Å². The normalized spacial score (nSPS) is 11.6. The van der Waals surface area contributed by atoms with Crippen LogP contribution in [-0.4, -0.2) is 33.5 Å². The van der Waals surface area contributed by atoms with E-state index in [2.05, 4.69) is 31.6 Å². The summed E-state index contributed by atoms with van der Waals surface area (Å²) in [6.45, 7) is 4.25. The molecule has 0 saturated heterocycles. The van der Waals surface area contributed by atoms with Gasteiger partial charge in [-0.05, 0) is 38.5 Å². The molecule has 1 unspecified atom stereocenters. The molecule has 1 aromatic heterocycles. The quantitative estimate of drug-likeness (QED) is 0.822. The molecule has 1 amide bonds. The van der Waals surface area contributed by atoms with Crippen molar-refractivity contribution in [3.05, 3.63) is 40.1 Å². The SMILES string of the molecule is Cc1c(C(=O)NCCC(C)N)nnn1-c1cccc(Br)c1.Cl. The lowest BCUT2D eigenvalue weighted by molar-refractivity contribution is 0.0947. The summed E-state index contributed by atoms with van der Waals surface area (Å²) in [5.41, 5.74) is 7.54. The largest absolute Gasteiger partial charge is 0.351 e. The Labute approximate surface area is 144 Å². The molecule has 6 nitrogen and oxygen atoms in total. The summed E-state index contributed by atoms with van der Waals surface area (Å²) in [5, 5.41) is 10.8. The van der Waals surface area contributed by atoms with Gasteiger partial charge in [0.1, 0.15) is 0 Å². The van der Waals surface area contributed by atoms with Crippen molar-refractivity contribution in [3.63, 3.8) is 0 Å². The van der Waals surface area contributed by atoms with Gasteiger partial charge in [-0.25, -0.2) is 4.68 Å². The maximum atomic E-state index is 12.1. The number of amides is 1. The summed E-state index contributed by atoms with van der Waals surface area (Å²) in [5.74, 6) is -0.227. The van der Waals surface area contributed by atoms with Crippen LogP contribution in [0.3, 0.4) is 0 Å². The van der Waals surface area contributed by atoms with Gasteiger partial charge in [-0.1, -0.05) is 27.2 Å². The van der Waals surface area contributed by atoms with Crippen LogP contribution in [-0.2, 0) is 0 Å². The van der Waals surface area contributed by atoms with E-state index in [-0.39, 0.29) is 24.4 Å². The number of halogens is 2. The van der Waals surface area contributed by atoms with Gasteiger partial charge in [0.2, 0.25) is 0 Å². The highest BCUT2D eigenvalue weighted by molar-refractivity contribution is 9.10. The van der Waals surface area contributed by atoms with E-state index in [0.29, 0.717) is 17.9 Å². The van der Waals surface area contributed by atoms with Crippen LogP contribution in [0, 0.1) is 6.92 Å². The van der Waals surface area contributed by atoms with Crippen molar-refractivity contribution >= 4 is 34.2 Å². The van der Waals surface area contributed by atoms with Gasteiger partial charge in [0.15, 0.2) is 5.69 Å². The van der Waals surface area contributed by atoms with Gasteiger partial charge in [-0.15, -0.1) is 17.5 Å². The van der Waals surface area contributed by atoms with Crippen molar-refractivity contribution < 1.29 is 4.79 Å². The Morgan fingerprint density at radius 1 is 1.50 bits per heavy atom. The Balaban J connectivity index is 0.00000242. The van der Waals surface area contributed by atoms with Crippen molar-refractivity contribution in [2.75, 3.05) is 6.54 Å². The first kappa shape index (κ1) is 18.6. The molecule has 0 spiro atoms. The Kier molecular flexibility index (Phi) is 6.99. The lowest BCUT2D eigenvalue weighted by Crippen LogP contribution is -2.29. The van der Waals surface area contributed by atoms with E-state index >= 15 is 0 Å². The van der Waals surface area contributed by atoms with Crippen molar-refractivity contribution in [2.45, 2.75) is 26.3 Å². The van der Waals surface area contributed by atoms with Crippen LogP contribution in [0.4, 0.5) is 0 Å². The fraction of sp³-hybridized carbons (Fsp3) is 0.357. The van der Waals surface area contributed by atoms with Crippen molar-refractivity contribution in [1.82, 2.24) is 20.3 Å². The molecular weight excluding hydrogens is 370 g/mol. The van der Waals surface area contributed by atoms with Crippen molar-refractivity contribution in [2.24, 2.45) is 5.73 Å². The highest BCUT2D eigenvalue weighted by Gasteiger charge is 2.17. The Morgan fingerprint density at radius 3 is 2.86 bits per heavy atom. The molecule has 2 rings (SSSR count). The fourth-order valence-electron chi connectivity index (χ4n) is 1.89. The molecule has 0 radical (unpaired) electrons. The molecule has 0 aliphatic rings. The van der Waals surface area contributed by atoms with Crippen LogP contribution in [0.15, 0.2) is 28.7 Å². The number of aromatic nitrogens is 3. The number of carbonyl (C=O) groups is 1. The number of hydrogen-bond acceptors (Lipinski definition) is 4. The zero-order chi connectivity index (χ0) is 15.4. The molecule has 0 saturated carbocycles. The average molecular weight is 389 g/mol. The van der Waals surface area contributed by atoms with E-state index in [9.17, 15) is 4.79 Å². The first-order chi connectivity index (χ1) is 9.99. The van der Waals surface area contributed by atoms with E-state index in [1.165, 1.54) is 0 Å². The third-order valence-corrected chi connectivity index (χ3v) is 3.54. The molecule has 22 heavy (non-hydrogen) atoms. The van der Waals surface area contributed by atoms with E-state index in [4.69, 9.17) is 5.73 Å². The highest BCUT2D eigenvalue weighted by atomic mass is 79.9. The molecule has 8 heteroatoms. The molecule has 0 bridgehead atoms. The second kappa shape index (κ2) is 8.26. The predicted molar refractivity (Wildman–Crippen MR) is 91.6 cm³/mol. The molecule has 1 atom stereocenters. The van der Waals surface area contributed by atoms with E-state index in [1.807, 2.05) is 38.1 Å². The van der Waals surface area contributed by atoms with Gasteiger partial charge < -0.3 is 11.1 Å². The molecule has 2 aromatic rings. The number of benzene rings is 1.